The van der Waals surface area contributed by atoms with Crippen LogP contribution in [0.25, 0.3) is 0 Å². The van der Waals surface area contributed by atoms with Crippen LogP contribution in [0.2, 0.25) is 0 Å². The van der Waals surface area contributed by atoms with E-state index in [1.54, 1.807) is 0 Å². The highest BCUT2D eigenvalue weighted by molar-refractivity contribution is 5.80. The van der Waals surface area contributed by atoms with E-state index in [4.69, 9.17) is 5.11 Å². The van der Waals surface area contributed by atoms with Crippen molar-refractivity contribution in [3.63, 3.8) is 0 Å². The third-order valence-electron chi connectivity index (χ3n) is 3.99. The Labute approximate surface area is 119 Å². The normalized spacial score (nSPS) is 16.9. The lowest BCUT2D eigenvalue weighted by atomic mass is 9.97. The zero-order valence-electron chi connectivity index (χ0n) is 11.8. The minimum atomic E-state index is -0.898. The Kier molecular flexibility index (Phi) is 4.77. The lowest BCUT2D eigenvalue weighted by Crippen LogP contribution is -2.34. The van der Waals surface area contributed by atoms with Crippen LogP contribution in [0.3, 0.4) is 0 Å². The second-order valence-electron chi connectivity index (χ2n) is 5.50. The third-order valence-corrected chi connectivity index (χ3v) is 3.99. The van der Waals surface area contributed by atoms with E-state index in [1.165, 1.54) is 0 Å². The van der Waals surface area contributed by atoms with Gasteiger partial charge in [0.05, 0.1) is 12.5 Å². The van der Waals surface area contributed by atoms with Crippen molar-refractivity contribution in [2.75, 3.05) is 0 Å². The standard InChI is InChI=1S/C16H21NO3/c1-11-6-2-5-9-13(11)14(10-15(18)19)17-16(20)12-7-3-4-8-12/h2,5-6,9,12,14H,3-4,7-8,10H2,1H3,(H,17,20)(H,18,19). The van der Waals surface area contributed by atoms with E-state index in [1.807, 2.05) is 31.2 Å². The van der Waals surface area contributed by atoms with Crippen LogP contribution in [-0.2, 0) is 9.59 Å². The van der Waals surface area contributed by atoms with Crippen molar-refractivity contribution in [3.05, 3.63) is 35.4 Å². The molecule has 1 aliphatic carbocycles. The van der Waals surface area contributed by atoms with Crippen molar-refractivity contribution >= 4 is 11.9 Å². The number of aryl methyl sites for hydroxylation is 1. The van der Waals surface area contributed by atoms with Gasteiger partial charge in [-0.15, -0.1) is 0 Å². The summed E-state index contributed by atoms with van der Waals surface area (Å²) in [6.45, 7) is 1.94. The molecule has 1 unspecified atom stereocenters. The molecular weight excluding hydrogens is 254 g/mol. The molecule has 1 saturated carbocycles. The highest BCUT2D eigenvalue weighted by Crippen LogP contribution is 2.27. The minimum Gasteiger partial charge on any atom is -0.481 e. The fraction of sp³-hybridized carbons (Fsp3) is 0.500. The first-order chi connectivity index (χ1) is 9.58. The molecule has 1 aliphatic rings. The highest BCUT2D eigenvalue weighted by Gasteiger charge is 2.26. The molecule has 1 aromatic carbocycles. The number of amides is 1. The zero-order valence-corrected chi connectivity index (χ0v) is 11.8. The number of hydrogen-bond acceptors (Lipinski definition) is 2. The van der Waals surface area contributed by atoms with E-state index >= 15 is 0 Å². The number of hydrogen-bond donors (Lipinski definition) is 2. The number of carbonyl (C=O) groups is 2. The van der Waals surface area contributed by atoms with Gasteiger partial charge in [0.1, 0.15) is 0 Å². The van der Waals surface area contributed by atoms with Gasteiger partial charge in [-0.05, 0) is 30.9 Å². The highest BCUT2D eigenvalue weighted by atomic mass is 16.4. The second kappa shape index (κ2) is 6.55. The number of benzene rings is 1. The predicted octanol–water partition coefficient (Wildman–Crippen LogP) is 2.82. The van der Waals surface area contributed by atoms with Crippen LogP contribution < -0.4 is 5.32 Å². The number of rotatable bonds is 5. The van der Waals surface area contributed by atoms with Gasteiger partial charge in [-0.25, -0.2) is 0 Å². The molecule has 2 N–H and O–H groups in total. The third kappa shape index (κ3) is 3.59. The molecule has 1 atom stereocenters. The van der Waals surface area contributed by atoms with E-state index in [0.717, 1.165) is 36.8 Å². The largest absolute Gasteiger partial charge is 0.481 e. The van der Waals surface area contributed by atoms with Gasteiger partial charge in [0, 0.05) is 5.92 Å². The quantitative estimate of drug-likeness (QED) is 0.868. The minimum absolute atomic E-state index is 0.00277. The Morgan fingerprint density at radius 3 is 2.55 bits per heavy atom. The molecule has 1 aromatic rings. The van der Waals surface area contributed by atoms with Crippen molar-refractivity contribution in [3.8, 4) is 0 Å². The summed E-state index contributed by atoms with van der Waals surface area (Å²) in [6, 6.07) is 7.17. The van der Waals surface area contributed by atoms with Crippen molar-refractivity contribution in [2.45, 2.75) is 45.1 Å². The molecule has 4 heteroatoms. The van der Waals surface area contributed by atoms with Gasteiger partial charge in [-0.2, -0.15) is 0 Å². The van der Waals surface area contributed by atoms with Gasteiger partial charge in [0.2, 0.25) is 5.91 Å². The summed E-state index contributed by atoms with van der Waals surface area (Å²) in [6.07, 6.45) is 3.93. The van der Waals surface area contributed by atoms with Gasteiger partial charge >= 0.3 is 5.97 Å². The Morgan fingerprint density at radius 1 is 1.30 bits per heavy atom. The van der Waals surface area contributed by atoms with Crippen LogP contribution in [0, 0.1) is 12.8 Å². The summed E-state index contributed by atoms with van der Waals surface area (Å²) >= 11 is 0. The average Bonchev–Trinajstić information content (AvgIpc) is 2.92. The molecule has 2 rings (SSSR count). The number of carboxylic acids is 1. The van der Waals surface area contributed by atoms with Crippen LogP contribution in [0.1, 0.15) is 49.3 Å². The zero-order chi connectivity index (χ0) is 14.5. The van der Waals surface area contributed by atoms with E-state index in [-0.39, 0.29) is 18.2 Å². The summed E-state index contributed by atoms with van der Waals surface area (Å²) in [5, 5.41) is 12.0. The maximum absolute atomic E-state index is 12.2. The first kappa shape index (κ1) is 14.6. The first-order valence-electron chi connectivity index (χ1n) is 7.15. The molecule has 0 spiro atoms. The van der Waals surface area contributed by atoms with Crippen LogP contribution >= 0.6 is 0 Å². The molecular formula is C16H21NO3. The van der Waals surface area contributed by atoms with E-state index in [9.17, 15) is 9.59 Å². The molecule has 0 aromatic heterocycles. The van der Waals surface area contributed by atoms with Gasteiger partial charge in [0.25, 0.3) is 0 Å². The fourth-order valence-electron chi connectivity index (χ4n) is 2.87. The van der Waals surface area contributed by atoms with Crippen molar-refractivity contribution in [1.29, 1.82) is 0 Å². The molecule has 1 amide bonds. The van der Waals surface area contributed by atoms with E-state index in [0.29, 0.717) is 0 Å². The summed E-state index contributed by atoms with van der Waals surface area (Å²) in [7, 11) is 0. The first-order valence-corrected chi connectivity index (χ1v) is 7.15. The van der Waals surface area contributed by atoms with Crippen LogP contribution in [0.4, 0.5) is 0 Å². The molecule has 0 saturated heterocycles. The SMILES string of the molecule is Cc1ccccc1C(CC(=O)O)NC(=O)C1CCCC1. The lowest BCUT2D eigenvalue weighted by Gasteiger charge is -2.21. The molecule has 0 radical (unpaired) electrons. The van der Waals surface area contributed by atoms with Gasteiger partial charge in [-0.3, -0.25) is 9.59 Å². The Bertz CT molecular complexity index is 492. The summed E-state index contributed by atoms with van der Waals surface area (Å²) in [4.78, 5) is 23.3. The molecule has 0 aliphatic heterocycles. The number of aliphatic carboxylic acids is 1. The number of carbonyl (C=O) groups excluding carboxylic acids is 1. The monoisotopic (exact) mass is 275 g/mol. The van der Waals surface area contributed by atoms with Gasteiger partial charge in [0.15, 0.2) is 0 Å². The predicted molar refractivity (Wildman–Crippen MR) is 76.3 cm³/mol. The fourth-order valence-corrected chi connectivity index (χ4v) is 2.87. The summed E-state index contributed by atoms with van der Waals surface area (Å²) < 4.78 is 0. The molecule has 4 nitrogen and oxygen atoms in total. The number of nitrogens with one attached hydrogen (secondary N) is 1. The molecule has 1 fully saturated rings. The average molecular weight is 275 g/mol. The van der Waals surface area contributed by atoms with Gasteiger partial charge in [-0.1, -0.05) is 37.1 Å². The van der Waals surface area contributed by atoms with Crippen molar-refractivity contribution in [1.82, 2.24) is 5.32 Å². The molecule has 20 heavy (non-hydrogen) atoms. The van der Waals surface area contributed by atoms with E-state index < -0.39 is 12.0 Å². The number of carboxylic acid groups (broad SMARTS) is 1. The van der Waals surface area contributed by atoms with Crippen LogP contribution in [-0.4, -0.2) is 17.0 Å². The lowest BCUT2D eigenvalue weighted by molar-refractivity contribution is -0.137. The Morgan fingerprint density at radius 2 is 1.95 bits per heavy atom. The summed E-state index contributed by atoms with van der Waals surface area (Å²) in [5.41, 5.74) is 1.90. The maximum atomic E-state index is 12.2. The Balaban J connectivity index is 2.13. The molecule has 0 heterocycles. The van der Waals surface area contributed by atoms with Gasteiger partial charge < -0.3 is 10.4 Å². The second-order valence-corrected chi connectivity index (χ2v) is 5.50. The maximum Gasteiger partial charge on any atom is 0.305 e. The van der Waals surface area contributed by atoms with Crippen molar-refractivity contribution in [2.24, 2.45) is 5.92 Å². The van der Waals surface area contributed by atoms with Crippen molar-refractivity contribution < 1.29 is 14.7 Å². The van der Waals surface area contributed by atoms with Crippen LogP contribution in [0.5, 0.6) is 0 Å². The topological polar surface area (TPSA) is 66.4 Å². The molecule has 108 valence electrons. The van der Waals surface area contributed by atoms with Crippen LogP contribution in [0.15, 0.2) is 24.3 Å². The smallest absolute Gasteiger partial charge is 0.305 e. The van der Waals surface area contributed by atoms with E-state index in [2.05, 4.69) is 5.32 Å². The Hall–Kier alpha value is -1.84. The molecule has 0 bridgehead atoms. The summed E-state index contributed by atoms with van der Waals surface area (Å²) in [5.74, 6) is -0.850.